The highest BCUT2D eigenvalue weighted by Gasteiger charge is 2.19. The first-order valence-electron chi connectivity index (χ1n) is 9.45. The second-order valence-corrected chi connectivity index (χ2v) is 6.80. The lowest BCUT2D eigenvalue weighted by molar-refractivity contribution is 0.649. The number of fused-ring (bicyclic) bond motifs is 2. The molecule has 0 bridgehead atoms. The van der Waals surface area contributed by atoms with Crippen LogP contribution in [0.4, 0.5) is 11.4 Å². The number of anilines is 2. The fraction of sp³-hybridized carbons (Fsp3) is 0.261. The molecule has 0 unspecified atom stereocenters. The lowest BCUT2D eigenvalue weighted by Gasteiger charge is -2.27. The summed E-state index contributed by atoms with van der Waals surface area (Å²) < 4.78 is 0. The molecule has 0 fully saturated rings. The number of rotatable bonds is 6. The van der Waals surface area contributed by atoms with Gasteiger partial charge in [0, 0.05) is 36.9 Å². The second kappa shape index (κ2) is 8.15. The largest absolute Gasteiger partial charge is 0.341 e. The molecular weight excluding hydrogens is 318 g/mol. The molecule has 1 aliphatic rings. The maximum atomic E-state index is 4.17. The van der Waals surface area contributed by atoms with Gasteiger partial charge in [-0.1, -0.05) is 42.5 Å². The van der Waals surface area contributed by atoms with Gasteiger partial charge in [-0.05, 0) is 60.7 Å². The molecule has 1 aliphatic heterocycles. The zero-order valence-corrected chi connectivity index (χ0v) is 15.1. The van der Waals surface area contributed by atoms with E-state index in [0.29, 0.717) is 0 Å². The monoisotopic (exact) mass is 343 g/mol. The van der Waals surface area contributed by atoms with Crippen molar-refractivity contribution >= 4 is 11.4 Å². The van der Waals surface area contributed by atoms with E-state index in [4.69, 9.17) is 0 Å². The van der Waals surface area contributed by atoms with Crippen LogP contribution >= 0.6 is 0 Å². The first kappa shape index (κ1) is 16.8. The number of pyridine rings is 1. The highest BCUT2D eigenvalue weighted by atomic mass is 15.1. The number of hydrogen-bond acceptors (Lipinski definition) is 3. The van der Waals surface area contributed by atoms with E-state index in [1.165, 1.54) is 28.1 Å². The van der Waals surface area contributed by atoms with E-state index in [2.05, 4.69) is 69.8 Å². The Balaban J connectivity index is 1.43. The average Bonchev–Trinajstić information content (AvgIpc) is 2.86. The summed E-state index contributed by atoms with van der Waals surface area (Å²) in [7, 11) is 0. The smallest absolute Gasteiger partial charge is 0.0443 e. The Hall–Kier alpha value is -2.65. The SMILES string of the molecule is c1cncc(CNCCCN2c3ccccc3CCc3ccccc32)c1. The molecular formula is C23H25N3. The van der Waals surface area contributed by atoms with Crippen LogP contribution in [0.3, 0.4) is 0 Å². The first-order valence-corrected chi connectivity index (χ1v) is 9.45. The molecule has 0 atom stereocenters. The van der Waals surface area contributed by atoms with Crippen molar-refractivity contribution in [2.45, 2.75) is 25.8 Å². The maximum absolute atomic E-state index is 4.17. The highest BCUT2D eigenvalue weighted by molar-refractivity contribution is 5.71. The van der Waals surface area contributed by atoms with E-state index in [-0.39, 0.29) is 0 Å². The van der Waals surface area contributed by atoms with E-state index >= 15 is 0 Å². The fourth-order valence-electron chi connectivity index (χ4n) is 3.71. The second-order valence-electron chi connectivity index (χ2n) is 6.80. The van der Waals surface area contributed by atoms with Crippen LogP contribution in [0.15, 0.2) is 73.1 Å². The van der Waals surface area contributed by atoms with Gasteiger partial charge >= 0.3 is 0 Å². The van der Waals surface area contributed by atoms with Gasteiger partial charge in [0.05, 0.1) is 0 Å². The van der Waals surface area contributed by atoms with E-state index < -0.39 is 0 Å². The summed E-state index contributed by atoms with van der Waals surface area (Å²) in [6.45, 7) is 2.89. The molecule has 0 spiro atoms. The van der Waals surface area contributed by atoms with Crippen molar-refractivity contribution in [3.05, 3.63) is 89.7 Å². The maximum Gasteiger partial charge on any atom is 0.0443 e. The van der Waals surface area contributed by atoms with Gasteiger partial charge in [-0.3, -0.25) is 4.98 Å². The summed E-state index contributed by atoms with van der Waals surface area (Å²) in [6, 6.07) is 21.8. The Kier molecular flexibility index (Phi) is 5.27. The molecule has 3 heteroatoms. The number of benzene rings is 2. The molecule has 3 aromatic rings. The van der Waals surface area contributed by atoms with Crippen molar-refractivity contribution < 1.29 is 0 Å². The van der Waals surface area contributed by atoms with Crippen LogP contribution in [0.25, 0.3) is 0 Å². The van der Waals surface area contributed by atoms with Crippen LogP contribution in [0.5, 0.6) is 0 Å². The van der Waals surface area contributed by atoms with E-state index in [9.17, 15) is 0 Å². The number of aromatic nitrogens is 1. The Bertz CT molecular complexity index is 797. The Morgan fingerprint density at radius 3 is 2.19 bits per heavy atom. The molecule has 0 amide bonds. The van der Waals surface area contributed by atoms with Crippen LogP contribution in [0, 0.1) is 0 Å². The quantitative estimate of drug-likeness (QED) is 0.668. The topological polar surface area (TPSA) is 28.2 Å². The molecule has 0 saturated carbocycles. The van der Waals surface area contributed by atoms with Crippen LogP contribution in [0.1, 0.15) is 23.1 Å². The first-order chi connectivity index (χ1) is 12.9. The summed E-state index contributed by atoms with van der Waals surface area (Å²) in [5.41, 5.74) is 6.87. The normalized spacial score (nSPS) is 13.0. The number of para-hydroxylation sites is 2. The van der Waals surface area contributed by atoms with Crippen LogP contribution in [-0.2, 0) is 19.4 Å². The summed E-state index contributed by atoms with van der Waals surface area (Å²) in [5.74, 6) is 0. The molecule has 1 aromatic heterocycles. The van der Waals surface area contributed by atoms with Crippen molar-refractivity contribution in [2.24, 2.45) is 0 Å². The van der Waals surface area contributed by atoms with Crippen LogP contribution in [-0.4, -0.2) is 18.1 Å². The molecule has 4 rings (SSSR count). The number of nitrogens with zero attached hydrogens (tertiary/aromatic N) is 2. The van der Waals surface area contributed by atoms with Gasteiger partial charge in [-0.2, -0.15) is 0 Å². The average molecular weight is 343 g/mol. The molecule has 132 valence electrons. The summed E-state index contributed by atoms with van der Waals surface area (Å²) >= 11 is 0. The van der Waals surface area contributed by atoms with Gasteiger partial charge in [-0.25, -0.2) is 0 Å². The van der Waals surface area contributed by atoms with Gasteiger partial charge in [0.2, 0.25) is 0 Å². The third-order valence-electron chi connectivity index (χ3n) is 5.02. The van der Waals surface area contributed by atoms with Gasteiger partial charge in [0.15, 0.2) is 0 Å². The molecule has 2 heterocycles. The minimum Gasteiger partial charge on any atom is -0.341 e. The minimum absolute atomic E-state index is 0.876. The highest BCUT2D eigenvalue weighted by Crippen LogP contribution is 2.35. The molecule has 0 saturated heterocycles. The third kappa shape index (κ3) is 3.78. The predicted octanol–water partition coefficient (Wildman–Crippen LogP) is 4.50. The Morgan fingerprint density at radius 1 is 0.846 bits per heavy atom. The predicted molar refractivity (Wildman–Crippen MR) is 108 cm³/mol. The summed E-state index contributed by atoms with van der Waals surface area (Å²) in [5, 5.41) is 3.54. The Morgan fingerprint density at radius 2 is 1.54 bits per heavy atom. The molecule has 2 aromatic carbocycles. The zero-order valence-electron chi connectivity index (χ0n) is 15.1. The van der Waals surface area contributed by atoms with Crippen molar-refractivity contribution in [3.8, 4) is 0 Å². The fourth-order valence-corrected chi connectivity index (χ4v) is 3.71. The molecule has 26 heavy (non-hydrogen) atoms. The van der Waals surface area contributed by atoms with Crippen molar-refractivity contribution in [1.29, 1.82) is 0 Å². The van der Waals surface area contributed by atoms with Crippen molar-refractivity contribution in [2.75, 3.05) is 18.0 Å². The van der Waals surface area contributed by atoms with Crippen LogP contribution in [0.2, 0.25) is 0 Å². The van der Waals surface area contributed by atoms with Crippen molar-refractivity contribution in [3.63, 3.8) is 0 Å². The van der Waals surface area contributed by atoms with Gasteiger partial charge < -0.3 is 10.2 Å². The number of aryl methyl sites for hydroxylation is 2. The van der Waals surface area contributed by atoms with Gasteiger partial charge in [0.25, 0.3) is 0 Å². The summed E-state index contributed by atoms with van der Waals surface area (Å²) in [6.07, 6.45) is 7.07. The molecule has 0 radical (unpaired) electrons. The molecule has 1 N–H and O–H groups in total. The minimum atomic E-state index is 0.876. The lowest BCUT2D eigenvalue weighted by atomic mass is 10.0. The third-order valence-corrected chi connectivity index (χ3v) is 5.02. The zero-order chi connectivity index (χ0) is 17.6. The number of nitrogens with one attached hydrogen (secondary N) is 1. The lowest BCUT2D eigenvalue weighted by Crippen LogP contribution is -2.24. The van der Waals surface area contributed by atoms with Gasteiger partial charge in [0.1, 0.15) is 0 Å². The Labute approximate surface area is 155 Å². The number of hydrogen-bond donors (Lipinski definition) is 1. The van der Waals surface area contributed by atoms with Crippen LogP contribution < -0.4 is 10.2 Å². The van der Waals surface area contributed by atoms with E-state index in [1.54, 1.807) is 0 Å². The standard InChI is InChI=1S/C23H25N3/c1-3-10-22-20(8-1)12-13-21-9-2-4-11-23(21)26(22)16-6-15-25-18-19-7-5-14-24-17-19/h1-5,7-11,14,17,25H,6,12-13,15-16,18H2. The van der Waals surface area contributed by atoms with Crippen molar-refractivity contribution in [1.82, 2.24) is 10.3 Å². The van der Waals surface area contributed by atoms with E-state index in [1.807, 2.05) is 18.5 Å². The van der Waals surface area contributed by atoms with E-state index in [0.717, 1.165) is 38.9 Å². The summed E-state index contributed by atoms with van der Waals surface area (Å²) in [4.78, 5) is 6.67. The molecule has 0 aliphatic carbocycles. The van der Waals surface area contributed by atoms with Gasteiger partial charge in [-0.15, -0.1) is 0 Å². The molecule has 3 nitrogen and oxygen atoms in total.